The van der Waals surface area contributed by atoms with Gasteiger partial charge in [0.05, 0.1) is 5.60 Å². The zero-order valence-corrected chi connectivity index (χ0v) is 8.70. The summed E-state index contributed by atoms with van der Waals surface area (Å²) in [6.45, 7) is 2.00. The van der Waals surface area contributed by atoms with Gasteiger partial charge in [-0.3, -0.25) is 4.98 Å². The molecule has 0 spiro atoms. The van der Waals surface area contributed by atoms with Crippen molar-refractivity contribution < 1.29 is 5.11 Å². The highest BCUT2D eigenvalue weighted by Gasteiger charge is 2.42. The van der Waals surface area contributed by atoms with E-state index in [0.717, 1.165) is 29.5 Å². The average Bonchev–Trinajstić information content (AvgIpc) is 2.98. The lowest BCUT2D eigenvalue weighted by molar-refractivity contribution is 0.151. The van der Waals surface area contributed by atoms with Crippen LogP contribution in [0.25, 0.3) is 10.8 Å². The highest BCUT2D eigenvalue weighted by atomic mass is 16.3. The monoisotopic (exact) mass is 199 g/mol. The number of fused-ring (bicyclic) bond motifs is 1. The summed E-state index contributed by atoms with van der Waals surface area (Å²) >= 11 is 0. The number of hydrogen-bond donors (Lipinski definition) is 1. The van der Waals surface area contributed by atoms with Crippen LogP contribution in [0.4, 0.5) is 0 Å². The first-order chi connectivity index (χ1) is 7.19. The van der Waals surface area contributed by atoms with E-state index in [4.69, 9.17) is 0 Å². The van der Waals surface area contributed by atoms with Crippen molar-refractivity contribution in [3.8, 4) is 0 Å². The molecule has 3 rings (SSSR count). The molecule has 15 heavy (non-hydrogen) atoms. The van der Waals surface area contributed by atoms with E-state index in [9.17, 15) is 5.11 Å². The van der Waals surface area contributed by atoms with Crippen LogP contribution in [-0.2, 0) is 5.60 Å². The average molecular weight is 199 g/mol. The molecule has 1 N–H and O–H groups in total. The second-order valence-electron chi connectivity index (χ2n) is 4.36. The Morgan fingerprint density at radius 3 is 2.80 bits per heavy atom. The Bertz CT molecular complexity index is 529. The second-order valence-corrected chi connectivity index (χ2v) is 4.36. The molecule has 2 heteroatoms. The van der Waals surface area contributed by atoms with E-state index in [1.807, 2.05) is 25.3 Å². The molecule has 1 aromatic heterocycles. The molecule has 1 heterocycles. The summed E-state index contributed by atoms with van der Waals surface area (Å²) in [6.07, 6.45) is 3.60. The first kappa shape index (κ1) is 8.86. The minimum Gasteiger partial charge on any atom is -0.385 e. The van der Waals surface area contributed by atoms with Crippen LogP contribution in [0.3, 0.4) is 0 Å². The van der Waals surface area contributed by atoms with Crippen LogP contribution < -0.4 is 0 Å². The summed E-state index contributed by atoms with van der Waals surface area (Å²) in [5, 5.41) is 12.4. The SMILES string of the molecule is Cc1nccc2ccc(C3(O)CC3)cc12. The van der Waals surface area contributed by atoms with E-state index in [1.54, 1.807) is 0 Å². The largest absolute Gasteiger partial charge is 0.385 e. The molecule has 2 nitrogen and oxygen atoms in total. The molecular weight excluding hydrogens is 186 g/mol. The Morgan fingerprint density at radius 1 is 1.27 bits per heavy atom. The van der Waals surface area contributed by atoms with E-state index in [2.05, 4.69) is 17.1 Å². The van der Waals surface area contributed by atoms with Crippen molar-refractivity contribution in [2.45, 2.75) is 25.4 Å². The van der Waals surface area contributed by atoms with Crippen LogP contribution in [-0.4, -0.2) is 10.1 Å². The number of nitrogens with zero attached hydrogens (tertiary/aromatic N) is 1. The van der Waals surface area contributed by atoms with Crippen molar-refractivity contribution in [3.05, 3.63) is 41.7 Å². The second kappa shape index (κ2) is 2.80. The fourth-order valence-electron chi connectivity index (χ4n) is 2.01. The summed E-state index contributed by atoms with van der Waals surface area (Å²) in [4.78, 5) is 4.27. The molecule has 0 unspecified atom stereocenters. The summed E-state index contributed by atoms with van der Waals surface area (Å²) in [6, 6.07) is 8.16. The highest BCUT2D eigenvalue weighted by Crippen LogP contribution is 2.45. The number of benzene rings is 1. The third-order valence-corrected chi connectivity index (χ3v) is 3.23. The summed E-state index contributed by atoms with van der Waals surface area (Å²) < 4.78 is 0. The Kier molecular flexibility index (Phi) is 1.65. The molecule has 0 radical (unpaired) electrons. The predicted octanol–water partition coefficient (Wildman–Crippen LogP) is 2.52. The first-order valence-electron chi connectivity index (χ1n) is 5.27. The lowest BCUT2D eigenvalue weighted by Gasteiger charge is -2.09. The van der Waals surface area contributed by atoms with Crippen molar-refractivity contribution in [1.29, 1.82) is 0 Å². The molecule has 0 aliphatic heterocycles. The molecule has 0 atom stereocenters. The smallest absolute Gasteiger partial charge is 0.0899 e. The van der Waals surface area contributed by atoms with Crippen molar-refractivity contribution in [1.82, 2.24) is 4.98 Å². The Morgan fingerprint density at radius 2 is 2.07 bits per heavy atom. The summed E-state index contributed by atoms with van der Waals surface area (Å²) in [7, 11) is 0. The van der Waals surface area contributed by atoms with Gasteiger partial charge in [0.25, 0.3) is 0 Å². The van der Waals surface area contributed by atoms with Crippen LogP contribution in [0, 0.1) is 6.92 Å². The third-order valence-electron chi connectivity index (χ3n) is 3.23. The van der Waals surface area contributed by atoms with Crippen LogP contribution in [0.15, 0.2) is 30.5 Å². The third kappa shape index (κ3) is 1.33. The Labute approximate surface area is 88.6 Å². The summed E-state index contributed by atoms with van der Waals surface area (Å²) in [5.74, 6) is 0. The van der Waals surface area contributed by atoms with Crippen LogP contribution in [0.5, 0.6) is 0 Å². The van der Waals surface area contributed by atoms with Crippen LogP contribution >= 0.6 is 0 Å². The molecule has 1 aliphatic carbocycles. The van der Waals surface area contributed by atoms with E-state index in [-0.39, 0.29) is 0 Å². The van der Waals surface area contributed by atoms with Crippen molar-refractivity contribution in [3.63, 3.8) is 0 Å². The minimum atomic E-state index is -0.545. The fraction of sp³-hybridized carbons (Fsp3) is 0.308. The topological polar surface area (TPSA) is 33.1 Å². The molecule has 0 amide bonds. The molecule has 1 fully saturated rings. The molecule has 76 valence electrons. The Hall–Kier alpha value is -1.41. The molecule has 0 bridgehead atoms. The van der Waals surface area contributed by atoms with Gasteiger partial charge in [-0.15, -0.1) is 0 Å². The molecular formula is C13H13NO. The van der Waals surface area contributed by atoms with Gasteiger partial charge in [-0.1, -0.05) is 12.1 Å². The van der Waals surface area contributed by atoms with Gasteiger partial charge in [0, 0.05) is 17.3 Å². The zero-order chi connectivity index (χ0) is 10.5. The summed E-state index contributed by atoms with van der Waals surface area (Å²) in [5.41, 5.74) is 1.51. The van der Waals surface area contributed by atoms with Gasteiger partial charge in [-0.25, -0.2) is 0 Å². The number of aryl methyl sites for hydroxylation is 1. The van der Waals surface area contributed by atoms with Crippen LogP contribution in [0.1, 0.15) is 24.1 Å². The predicted molar refractivity (Wildman–Crippen MR) is 59.6 cm³/mol. The molecule has 1 aromatic carbocycles. The number of hydrogen-bond acceptors (Lipinski definition) is 2. The minimum absolute atomic E-state index is 0.545. The van der Waals surface area contributed by atoms with E-state index >= 15 is 0 Å². The van der Waals surface area contributed by atoms with E-state index in [1.165, 1.54) is 5.39 Å². The number of aliphatic hydroxyl groups is 1. The van der Waals surface area contributed by atoms with Crippen molar-refractivity contribution in [2.24, 2.45) is 0 Å². The van der Waals surface area contributed by atoms with Gasteiger partial charge in [-0.05, 0) is 42.8 Å². The van der Waals surface area contributed by atoms with E-state index in [0.29, 0.717) is 0 Å². The molecule has 1 aliphatic rings. The molecule has 0 saturated heterocycles. The quantitative estimate of drug-likeness (QED) is 0.765. The van der Waals surface area contributed by atoms with Crippen molar-refractivity contribution >= 4 is 10.8 Å². The maximum absolute atomic E-state index is 10.0. The first-order valence-corrected chi connectivity index (χ1v) is 5.27. The fourth-order valence-corrected chi connectivity index (χ4v) is 2.01. The van der Waals surface area contributed by atoms with Gasteiger partial charge in [-0.2, -0.15) is 0 Å². The standard InChI is InChI=1S/C13H13NO/c1-9-12-8-11(13(15)5-6-13)3-2-10(12)4-7-14-9/h2-4,7-8,15H,5-6H2,1H3. The maximum atomic E-state index is 10.0. The van der Waals surface area contributed by atoms with Gasteiger partial charge in [0.1, 0.15) is 0 Å². The number of aromatic nitrogens is 1. The van der Waals surface area contributed by atoms with Gasteiger partial charge >= 0.3 is 0 Å². The van der Waals surface area contributed by atoms with Gasteiger partial charge < -0.3 is 5.11 Å². The van der Waals surface area contributed by atoms with Crippen molar-refractivity contribution in [2.75, 3.05) is 0 Å². The highest BCUT2D eigenvalue weighted by molar-refractivity contribution is 5.85. The van der Waals surface area contributed by atoms with E-state index < -0.39 is 5.60 Å². The number of pyridine rings is 1. The van der Waals surface area contributed by atoms with Gasteiger partial charge in [0.15, 0.2) is 0 Å². The van der Waals surface area contributed by atoms with Gasteiger partial charge in [0.2, 0.25) is 0 Å². The lowest BCUT2D eigenvalue weighted by atomic mass is 10.0. The zero-order valence-electron chi connectivity index (χ0n) is 8.70. The normalized spacial score (nSPS) is 18.0. The number of rotatable bonds is 1. The molecule has 1 saturated carbocycles. The van der Waals surface area contributed by atoms with Crippen LogP contribution in [0.2, 0.25) is 0 Å². The molecule has 2 aromatic rings. The lowest BCUT2D eigenvalue weighted by Crippen LogP contribution is -2.03. The Balaban J connectivity index is 2.25. The maximum Gasteiger partial charge on any atom is 0.0899 e.